The molecule has 5 nitrogen and oxygen atoms in total. The van der Waals surface area contributed by atoms with Gasteiger partial charge in [0, 0.05) is 0 Å². The molecule has 5 heteroatoms. The van der Waals surface area contributed by atoms with Gasteiger partial charge in [0.15, 0.2) is 5.75 Å². The lowest BCUT2D eigenvalue weighted by Gasteiger charge is -2.27. The molecular formula is C23H20N2O3. The molecule has 0 aliphatic carbocycles. The number of nitrogens with two attached hydrogens (primary N) is 1. The Morgan fingerprint density at radius 3 is 2.50 bits per heavy atom. The number of hydrogen-bond acceptors (Lipinski definition) is 5. The van der Waals surface area contributed by atoms with Gasteiger partial charge in [-0.1, -0.05) is 56.3 Å². The van der Waals surface area contributed by atoms with Crippen LogP contribution in [0.4, 0.5) is 0 Å². The van der Waals surface area contributed by atoms with E-state index in [4.69, 9.17) is 14.9 Å². The number of allylic oxidation sites excluding steroid dienone is 1. The van der Waals surface area contributed by atoms with Crippen LogP contribution in [0, 0.1) is 18.3 Å². The molecule has 1 aromatic heterocycles. The number of benzene rings is 2. The standard InChI is InChI=1S/C23H20N2O3/c1-12(2)15-10-9-13(3)17-20(15)28-23(26)19-18(14-7-5-4-6-8-14)16(11-24)22(25)27-21(17)19/h4-10,12,18H,25H2,1-3H3/t18-/m1/s1. The average Bonchev–Trinajstić information content (AvgIpc) is 2.67. The van der Waals surface area contributed by atoms with E-state index in [-0.39, 0.29) is 17.4 Å². The molecular weight excluding hydrogens is 352 g/mol. The summed E-state index contributed by atoms with van der Waals surface area (Å²) in [5.74, 6) is -0.0558. The van der Waals surface area contributed by atoms with Crippen molar-refractivity contribution in [1.82, 2.24) is 0 Å². The van der Waals surface area contributed by atoms with E-state index in [0.29, 0.717) is 16.9 Å². The zero-order valence-corrected chi connectivity index (χ0v) is 15.9. The predicted octanol–water partition coefficient (Wildman–Crippen LogP) is 4.44. The van der Waals surface area contributed by atoms with Gasteiger partial charge in [-0.2, -0.15) is 5.26 Å². The highest BCUT2D eigenvalue weighted by atomic mass is 16.5. The molecule has 2 aromatic carbocycles. The Morgan fingerprint density at radius 1 is 1.14 bits per heavy atom. The fourth-order valence-corrected chi connectivity index (χ4v) is 3.82. The van der Waals surface area contributed by atoms with Gasteiger partial charge in [0.05, 0.1) is 16.9 Å². The van der Waals surface area contributed by atoms with Crippen LogP contribution < -0.4 is 16.1 Å². The van der Waals surface area contributed by atoms with Gasteiger partial charge in [0.2, 0.25) is 5.88 Å². The lowest BCUT2D eigenvalue weighted by atomic mass is 9.83. The van der Waals surface area contributed by atoms with Crippen molar-refractivity contribution in [2.45, 2.75) is 32.6 Å². The first kappa shape index (κ1) is 17.9. The quantitative estimate of drug-likeness (QED) is 0.672. The molecule has 1 aliphatic rings. The van der Waals surface area contributed by atoms with Crippen LogP contribution in [0.3, 0.4) is 0 Å². The molecule has 2 N–H and O–H groups in total. The van der Waals surface area contributed by atoms with Gasteiger partial charge in [0.1, 0.15) is 17.2 Å². The molecule has 0 unspecified atom stereocenters. The predicted molar refractivity (Wildman–Crippen MR) is 107 cm³/mol. The second kappa shape index (κ2) is 6.58. The molecule has 1 aliphatic heterocycles. The Balaban J connectivity index is 2.14. The van der Waals surface area contributed by atoms with Crippen LogP contribution in [0.15, 0.2) is 63.1 Å². The Kier molecular flexibility index (Phi) is 4.20. The van der Waals surface area contributed by atoms with E-state index in [1.165, 1.54) is 0 Å². The summed E-state index contributed by atoms with van der Waals surface area (Å²) in [6.45, 7) is 6.02. The summed E-state index contributed by atoms with van der Waals surface area (Å²) in [5, 5.41) is 10.4. The average molecular weight is 372 g/mol. The number of rotatable bonds is 2. The van der Waals surface area contributed by atoms with Crippen molar-refractivity contribution < 1.29 is 9.15 Å². The van der Waals surface area contributed by atoms with Crippen LogP contribution >= 0.6 is 0 Å². The molecule has 0 bridgehead atoms. The van der Waals surface area contributed by atoms with Crippen LogP contribution in [-0.2, 0) is 0 Å². The third-order valence-electron chi connectivity index (χ3n) is 5.21. The number of hydrogen-bond donors (Lipinski definition) is 1. The molecule has 2 heterocycles. The van der Waals surface area contributed by atoms with Crippen molar-refractivity contribution in [3.05, 3.63) is 86.6 Å². The number of fused-ring (bicyclic) bond motifs is 3. The smallest absolute Gasteiger partial charge is 0.344 e. The molecule has 140 valence electrons. The summed E-state index contributed by atoms with van der Waals surface area (Å²) in [6.07, 6.45) is 0. The van der Waals surface area contributed by atoms with E-state index in [0.717, 1.165) is 22.1 Å². The first-order chi connectivity index (χ1) is 13.4. The van der Waals surface area contributed by atoms with Crippen LogP contribution in [0.5, 0.6) is 5.75 Å². The summed E-state index contributed by atoms with van der Waals surface area (Å²) in [5.41, 5.74) is 9.28. The van der Waals surface area contributed by atoms with Gasteiger partial charge in [0.25, 0.3) is 0 Å². The first-order valence-electron chi connectivity index (χ1n) is 9.16. The van der Waals surface area contributed by atoms with Crippen LogP contribution in [0.25, 0.3) is 11.0 Å². The van der Waals surface area contributed by atoms with Gasteiger partial charge in [-0.15, -0.1) is 0 Å². The number of nitriles is 1. The highest BCUT2D eigenvalue weighted by Gasteiger charge is 2.36. The fourth-order valence-electron chi connectivity index (χ4n) is 3.82. The zero-order chi connectivity index (χ0) is 20.0. The molecule has 1 atom stereocenters. The Morgan fingerprint density at radius 2 is 1.86 bits per heavy atom. The molecule has 0 amide bonds. The largest absolute Gasteiger partial charge is 0.439 e. The number of aryl methyl sites for hydroxylation is 1. The summed E-state index contributed by atoms with van der Waals surface area (Å²) < 4.78 is 11.7. The van der Waals surface area contributed by atoms with Gasteiger partial charge in [-0.05, 0) is 29.5 Å². The van der Waals surface area contributed by atoms with E-state index >= 15 is 0 Å². The third kappa shape index (κ3) is 2.57. The summed E-state index contributed by atoms with van der Waals surface area (Å²) in [4.78, 5) is 13.1. The molecule has 4 rings (SSSR count). The van der Waals surface area contributed by atoms with Crippen molar-refractivity contribution in [3.63, 3.8) is 0 Å². The second-order valence-corrected chi connectivity index (χ2v) is 7.30. The Labute approximate surface area is 162 Å². The summed E-state index contributed by atoms with van der Waals surface area (Å²) >= 11 is 0. The molecule has 28 heavy (non-hydrogen) atoms. The van der Waals surface area contributed by atoms with Crippen molar-refractivity contribution in [1.29, 1.82) is 5.26 Å². The monoisotopic (exact) mass is 372 g/mol. The maximum Gasteiger partial charge on any atom is 0.344 e. The molecule has 0 saturated carbocycles. The van der Waals surface area contributed by atoms with Crippen LogP contribution in [0.1, 0.15) is 47.9 Å². The lowest BCUT2D eigenvalue weighted by Crippen LogP contribution is -2.26. The maximum absolute atomic E-state index is 13.1. The van der Waals surface area contributed by atoms with Crippen LogP contribution in [-0.4, -0.2) is 0 Å². The van der Waals surface area contributed by atoms with Crippen LogP contribution in [0.2, 0.25) is 0 Å². The zero-order valence-electron chi connectivity index (χ0n) is 15.9. The molecule has 0 fully saturated rings. The van der Waals surface area contributed by atoms with Crippen molar-refractivity contribution >= 4 is 11.0 Å². The van der Waals surface area contributed by atoms with Gasteiger partial charge < -0.3 is 14.9 Å². The van der Waals surface area contributed by atoms with E-state index in [1.807, 2.05) is 63.2 Å². The van der Waals surface area contributed by atoms with E-state index in [1.54, 1.807) is 0 Å². The Bertz CT molecular complexity index is 1210. The van der Waals surface area contributed by atoms with Crippen molar-refractivity contribution in [3.8, 4) is 11.8 Å². The van der Waals surface area contributed by atoms with Crippen molar-refractivity contribution in [2.24, 2.45) is 5.73 Å². The molecule has 3 aromatic rings. The molecule has 0 saturated heterocycles. The van der Waals surface area contributed by atoms with E-state index in [9.17, 15) is 10.1 Å². The minimum absolute atomic E-state index is 0.0186. The number of ether oxygens (including phenoxy) is 1. The van der Waals surface area contributed by atoms with Gasteiger partial charge in [-0.3, -0.25) is 0 Å². The third-order valence-corrected chi connectivity index (χ3v) is 5.21. The SMILES string of the molecule is Cc1ccc(C(C)C)c2oc(=O)c3c(c12)OC(N)=C(C#N)[C@H]3c1ccccc1. The number of nitrogens with zero attached hydrogens (tertiary/aromatic N) is 1. The minimum Gasteiger partial charge on any atom is -0.439 e. The highest BCUT2D eigenvalue weighted by Crippen LogP contribution is 2.45. The fraction of sp³-hybridized carbons (Fsp3) is 0.217. The molecule has 0 radical (unpaired) electrons. The van der Waals surface area contributed by atoms with E-state index in [2.05, 4.69) is 6.07 Å². The maximum atomic E-state index is 13.1. The van der Waals surface area contributed by atoms with E-state index < -0.39 is 11.5 Å². The second-order valence-electron chi connectivity index (χ2n) is 7.30. The first-order valence-corrected chi connectivity index (χ1v) is 9.16. The highest BCUT2D eigenvalue weighted by molar-refractivity contribution is 5.91. The van der Waals surface area contributed by atoms with Gasteiger partial charge >= 0.3 is 5.63 Å². The summed E-state index contributed by atoms with van der Waals surface area (Å²) in [6, 6.07) is 15.4. The normalized spacial score (nSPS) is 16.0. The summed E-state index contributed by atoms with van der Waals surface area (Å²) in [7, 11) is 0. The lowest BCUT2D eigenvalue weighted by molar-refractivity contribution is 0.387. The topological polar surface area (TPSA) is 89.2 Å². The minimum atomic E-state index is -0.627. The Hall–Kier alpha value is -3.52. The van der Waals surface area contributed by atoms with Gasteiger partial charge in [-0.25, -0.2) is 4.79 Å². The van der Waals surface area contributed by atoms with Crippen molar-refractivity contribution in [2.75, 3.05) is 0 Å². The molecule has 0 spiro atoms.